The Kier molecular flexibility index (Phi) is 4.43. The van der Waals surface area contributed by atoms with Gasteiger partial charge in [-0.25, -0.2) is 9.97 Å². The van der Waals surface area contributed by atoms with E-state index < -0.39 is 5.97 Å². The van der Waals surface area contributed by atoms with E-state index in [1.54, 1.807) is 22.9 Å². The Hall–Kier alpha value is -2.36. The van der Waals surface area contributed by atoms with Crippen molar-refractivity contribution in [1.82, 2.24) is 14.4 Å². The van der Waals surface area contributed by atoms with Crippen LogP contribution in [0, 0.1) is 0 Å². The molecule has 0 aromatic carbocycles. The van der Waals surface area contributed by atoms with Crippen LogP contribution in [0.4, 0.5) is 0 Å². The molecule has 0 aliphatic rings. The Morgan fingerprint density at radius 1 is 1.16 bits per heavy atom. The molecule has 0 bridgehead atoms. The third-order valence-corrected chi connectivity index (χ3v) is 5.76. The largest absolute Gasteiger partial charge is 0.459 e. The summed E-state index contributed by atoms with van der Waals surface area (Å²) >= 11 is 4.47. The predicted molar refractivity (Wildman–Crippen MR) is 98.3 cm³/mol. The highest BCUT2D eigenvalue weighted by atomic mass is 32.1. The average Bonchev–Trinajstić information content (AvgIpc) is 3.33. The van der Waals surface area contributed by atoms with Crippen LogP contribution in [-0.4, -0.2) is 20.3 Å². The minimum absolute atomic E-state index is 0.0238. The third-order valence-electron chi connectivity index (χ3n) is 3.38. The second kappa shape index (κ2) is 6.87. The molecule has 4 rings (SSSR count). The number of carbonyl (C=O) groups is 1. The van der Waals surface area contributed by atoms with E-state index in [1.807, 2.05) is 22.2 Å². The summed E-state index contributed by atoms with van der Waals surface area (Å²) in [6.45, 7) is -0.0238. The van der Waals surface area contributed by atoms with Gasteiger partial charge in [0, 0.05) is 34.0 Å². The van der Waals surface area contributed by atoms with E-state index in [9.17, 15) is 9.59 Å². The Morgan fingerprint density at radius 2 is 2.08 bits per heavy atom. The summed E-state index contributed by atoms with van der Waals surface area (Å²) in [6, 6.07) is 3.38. The average molecular weight is 389 g/mol. The molecule has 0 saturated carbocycles. The topological polar surface area (TPSA) is 73.6 Å². The second-order valence-electron chi connectivity index (χ2n) is 5.13. The predicted octanol–water partition coefficient (Wildman–Crippen LogP) is 3.23. The number of hydrogen-bond acceptors (Lipinski definition) is 8. The highest BCUT2D eigenvalue weighted by Crippen LogP contribution is 2.25. The van der Waals surface area contributed by atoms with Crippen LogP contribution < -0.4 is 5.56 Å². The fourth-order valence-electron chi connectivity index (χ4n) is 2.22. The van der Waals surface area contributed by atoms with Gasteiger partial charge in [0.15, 0.2) is 4.96 Å². The highest BCUT2D eigenvalue weighted by Gasteiger charge is 2.12. The Bertz CT molecular complexity index is 1080. The van der Waals surface area contributed by atoms with E-state index in [-0.39, 0.29) is 18.6 Å². The summed E-state index contributed by atoms with van der Waals surface area (Å²) in [6.07, 6.45) is 1.76. The minimum Gasteiger partial charge on any atom is -0.459 e. The molecule has 0 amide bonds. The standard InChI is InChI=1S/C16H11N3O3S3/c20-13-5-11(18-16-19(13)2-4-24-16)7-22-14(21)6-12-9-25-15(17-12)10-1-3-23-8-10/h1-5,8-9H,6-7H2. The summed E-state index contributed by atoms with van der Waals surface area (Å²) in [5, 5.41) is 8.54. The van der Waals surface area contributed by atoms with Gasteiger partial charge in [0.05, 0.1) is 17.8 Å². The number of nitrogens with zero attached hydrogens (tertiary/aromatic N) is 3. The van der Waals surface area contributed by atoms with Gasteiger partial charge in [-0.1, -0.05) is 0 Å². The minimum atomic E-state index is -0.393. The number of rotatable bonds is 5. The number of thiophene rings is 1. The zero-order valence-electron chi connectivity index (χ0n) is 12.7. The molecular weight excluding hydrogens is 378 g/mol. The molecule has 4 aromatic rings. The molecular formula is C16H11N3O3S3. The maximum Gasteiger partial charge on any atom is 0.312 e. The number of hydrogen-bond donors (Lipinski definition) is 0. The number of carbonyl (C=O) groups excluding carboxylic acids is 1. The molecule has 6 nitrogen and oxygen atoms in total. The molecule has 0 saturated heterocycles. The first kappa shape index (κ1) is 16.1. The maximum atomic E-state index is 12.0. The molecule has 0 atom stereocenters. The summed E-state index contributed by atoms with van der Waals surface area (Å²) < 4.78 is 6.69. The molecule has 0 spiro atoms. The van der Waals surface area contributed by atoms with E-state index in [2.05, 4.69) is 9.97 Å². The van der Waals surface area contributed by atoms with Crippen LogP contribution >= 0.6 is 34.0 Å². The van der Waals surface area contributed by atoms with Crippen molar-refractivity contribution in [2.24, 2.45) is 0 Å². The quantitative estimate of drug-likeness (QED) is 0.490. The van der Waals surface area contributed by atoms with Gasteiger partial charge in [0.25, 0.3) is 5.56 Å². The van der Waals surface area contributed by atoms with Gasteiger partial charge in [-0.2, -0.15) is 11.3 Å². The van der Waals surface area contributed by atoms with Gasteiger partial charge in [-0.3, -0.25) is 14.0 Å². The monoisotopic (exact) mass is 389 g/mol. The normalized spacial score (nSPS) is 11.0. The van der Waals surface area contributed by atoms with Crippen molar-refractivity contribution < 1.29 is 9.53 Å². The van der Waals surface area contributed by atoms with Crippen LogP contribution in [0.1, 0.15) is 11.4 Å². The first-order valence-corrected chi connectivity index (χ1v) is 9.97. The summed E-state index contributed by atoms with van der Waals surface area (Å²) in [5.41, 5.74) is 2.00. The van der Waals surface area contributed by atoms with Crippen molar-refractivity contribution in [1.29, 1.82) is 0 Å². The van der Waals surface area contributed by atoms with Crippen LogP contribution in [0.2, 0.25) is 0 Å². The Labute approximate surface area is 154 Å². The van der Waals surface area contributed by atoms with Gasteiger partial charge in [0.2, 0.25) is 0 Å². The first-order chi connectivity index (χ1) is 12.2. The van der Waals surface area contributed by atoms with Gasteiger partial charge in [-0.05, 0) is 11.4 Å². The fourth-order valence-corrected chi connectivity index (χ4v) is 4.49. The molecule has 4 aromatic heterocycles. The molecule has 0 unspecified atom stereocenters. The lowest BCUT2D eigenvalue weighted by atomic mass is 10.3. The molecule has 9 heteroatoms. The number of thiazole rings is 2. The zero-order valence-corrected chi connectivity index (χ0v) is 15.2. The lowest BCUT2D eigenvalue weighted by Crippen LogP contribution is -2.15. The van der Waals surface area contributed by atoms with Crippen molar-refractivity contribution in [2.75, 3.05) is 0 Å². The molecule has 0 fully saturated rings. The smallest absolute Gasteiger partial charge is 0.312 e. The van der Waals surface area contributed by atoms with Crippen molar-refractivity contribution in [3.8, 4) is 10.6 Å². The van der Waals surface area contributed by atoms with Crippen molar-refractivity contribution in [3.05, 3.63) is 61.6 Å². The SMILES string of the molecule is O=C(Cc1csc(-c2ccsc2)n1)OCc1cc(=O)n2ccsc2n1. The van der Waals surface area contributed by atoms with Gasteiger partial charge >= 0.3 is 5.97 Å². The van der Waals surface area contributed by atoms with Gasteiger partial charge in [-0.15, -0.1) is 22.7 Å². The Balaban J connectivity index is 1.39. The van der Waals surface area contributed by atoms with E-state index >= 15 is 0 Å². The van der Waals surface area contributed by atoms with E-state index in [0.29, 0.717) is 16.3 Å². The molecule has 0 N–H and O–H groups in total. The van der Waals surface area contributed by atoms with Gasteiger partial charge in [0.1, 0.15) is 11.6 Å². The number of esters is 1. The highest BCUT2D eigenvalue weighted by molar-refractivity contribution is 7.15. The first-order valence-electron chi connectivity index (χ1n) is 7.27. The molecule has 0 aliphatic heterocycles. The second-order valence-corrected chi connectivity index (χ2v) is 7.65. The van der Waals surface area contributed by atoms with Crippen LogP contribution in [0.5, 0.6) is 0 Å². The van der Waals surface area contributed by atoms with E-state index in [4.69, 9.17) is 4.74 Å². The summed E-state index contributed by atoms with van der Waals surface area (Å²) in [7, 11) is 0. The summed E-state index contributed by atoms with van der Waals surface area (Å²) in [4.78, 5) is 33.2. The number of fused-ring (bicyclic) bond motifs is 1. The number of aromatic nitrogens is 3. The summed E-state index contributed by atoms with van der Waals surface area (Å²) in [5.74, 6) is -0.393. The third kappa shape index (κ3) is 3.53. The lowest BCUT2D eigenvalue weighted by molar-refractivity contribution is -0.144. The zero-order chi connectivity index (χ0) is 17.2. The molecule has 0 radical (unpaired) electrons. The molecule has 25 heavy (non-hydrogen) atoms. The fraction of sp³-hybridized carbons (Fsp3) is 0.125. The van der Waals surface area contributed by atoms with E-state index in [0.717, 1.165) is 10.6 Å². The number of ether oxygens (including phenoxy) is 1. The van der Waals surface area contributed by atoms with Gasteiger partial charge < -0.3 is 4.74 Å². The Morgan fingerprint density at radius 3 is 2.92 bits per heavy atom. The van der Waals surface area contributed by atoms with Crippen LogP contribution in [0.15, 0.2) is 44.6 Å². The van der Waals surface area contributed by atoms with Crippen LogP contribution in [0.25, 0.3) is 15.5 Å². The van der Waals surface area contributed by atoms with Crippen molar-refractivity contribution in [2.45, 2.75) is 13.0 Å². The van der Waals surface area contributed by atoms with E-state index in [1.165, 1.54) is 33.1 Å². The molecule has 126 valence electrons. The van der Waals surface area contributed by atoms with Crippen molar-refractivity contribution in [3.63, 3.8) is 0 Å². The molecule has 0 aliphatic carbocycles. The molecule has 4 heterocycles. The van der Waals surface area contributed by atoms with Crippen LogP contribution in [-0.2, 0) is 22.6 Å². The van der Waals surface area contributed by atoms with Crippen molar-refractivity contribution >= 4 is 44.9 Å². The maximum absolute atomic E-state index is 12.0. The van der Waals surface area contributed by atoms with Crippen LogP contribution in [0.3, 0.4) is 0 Å². The lowest BCUT2D eigenvalue weighted by Gasteiger charge is -2.03.